The van der Waals surface area contributed by atoms with Gasteiger partial charge >= 0.3 is 0 Å². The molecule has 1 aromatic heterocycles. The summed E-state index contributed by atoms with van der Waals surface area (Å²) in [6, 6.07) is 15.0. The molecule has 24 heavy (non-hydrogen) atoms. The first-order valence-electron chi connectivity index (χ1n) is 8.09. The van der Waals surface area contributed by atoms with E-state index in [4.69, 9.17) is 0 Å². The summed E-state index contributed by atoms with van der Waals surface area (Å²) in [4.78, 5) is 32.9. The van der Waals surface area contributed by atoms with Gasteiger partial charge in [-0.15, -0.1) is 0 Å². The lowest BCUT2D eigenvalue weighted by Crippen LogP contribution is -2.58. The van der Waals surface area contributed by atoms with E-state index in [0.29, 0.717) is 13.1 Å². The van der Waals surface area contributed by atoms with E-state index >= 15 is 0 Å². The van der Waals surface area contributed by atoms with Crippen LogP contribution < -0.4 is 0 Å². The standard InChI is InChI=1S/C19H21N3O2/c1-14-7-6-10-17(20-14)12-22-15(2)19(24)21(13-18(22)23)11-16-8-4-3-5-9-16/h3-10,15H,11-13H2,1-2H3/t15-/m0/s1. The van der Waals surface area contributed by atoms with Crippen molar-refractivity contribution in [3.8, 4) is 0 Å². The first kappa shape index (κ1) is 16.2. The molecule has 3 rings (SSSR count). The maximum Gasteiger partial charge on any atom is 0.245 e. The highest BCUT2D eigenvalue weighted by molar-refractivity contribution is 5.94. The van der Waals surface area contributed by atoms with Crippen LogP contribution in [0.25, 0.3) is 0 Å². The average Bonchev–Trinajstić information content (AvgIpc) is 2.57. The summed E-state index contributed by atoms with van der Waals surface area (Å²) in [5, 5.41) is 0. The van der Waals surface area contributed by atoms with Crippen LogP contribution in [0.5, 0.6) is 0 Å². The Morgan fingerprint density at radius 2 is 1.79 bits per heavy atom. The minimum atomic E-state index is -0.475. The minimum Gasteiger partial charge on any atom is -0.327 e. The SMILES string of the molecule is Cc1cccc(CN2C(=O)CN(Cc3ccccc3)C(=O)[C@@H]2C)n1. The second kappa shape index (κ2) is 6.83. The van der Waals surface area contributed by atoms with Gasteiger partial charge in [0, 0.05) is 12.2 Å². The second-order valence-corrected chi connectivity index (χ2v) is 6.15. The number of piperazine rings is 1. The van der Waals surface area contributed by atoms with E-state index in [1.54, 1.807) is 16.7 Å². The van der Waals surface area contributed by atoms with Gasteiger partial charge in [-0.3, -0.25) is 14.6 Å². The molecule has 1 saturated heterocycles. The largest absolute Gasteiger partial charge is 0.327 e. The van der Waals surface area contributed by atoms with Crippen LogP contribution >= 0.6 is 0 Å². The summed E-state index contributed by atoms with van der Waals surface area (Å²) in [5.41, 5.74) is 2.74. The number of aromatic nitrogens is 1. The quantitative estimate of drug-likeness (QED) is 0.866. The van der Waals surface area contributed by atoms with Crippen LogP contribution in [0.2, 0.25) is 0 Å². The molecule has 5 nitrogen and oxygen atoms in total. The number of carbonyl (C=O) groups excluding carboxylic acids is 2. The minimum absolute atomic E-state index is 0.0221. The van der Waals surface area contributed by atoms with Gasteiger partial charge in [-0.1, -0.05) is 36.4 Å². The molecule has 0 aliphatic carbocycles. The van der Waals surface area contributed by atoms with Crippen LogP contribution in [0.3, 0.4) is 0 Å². The average molecular weight is 323 g/mol. The number of hydrogen-bond acceptors (Lipinski definition) is 3. The first-order valence-corrected chi connectivity index (χ1v) is 8.09. The normalized spacial score (nSPS) is 18.2. The number of aryl methyl sites for hydroxylation is 1. The number of benzene rings is 1. The third-order valence-corrected chi connectivity index (χ3v) is 4.28. The van der Waals surface area contributed by atoms with Gasteiger partial charge in [0.25, 0.3) is 0 Å². The monoisotopic (exact) mass is 323 g/mol. The van der Waals surface area contributed by atoms with E-state index in [1.807, 2.05) is 55.5 Å². The fourth-order valence-electron chi connectivity index (χ4n) is 2.97. The lowest BCUT2D eigenvalue weighted by atomic mass is 10.1. The molecule has 5 heteroatoms. The molecule has 2 heterocycles. The Hall–Kier alpha value is -2.69. The maximum atomic E-state index is 12.7. The van der Waals surface area contributed by atoms with Gasteiger partial charge in [-0.2, -0.15) is 0 Å². The van der Waals surface area contributed by atoms with Crippen molar-refractivity contribution in [2.45, 2.75) is 33.0 Å². The Kier molecular flexibility index (Phi) is 4.60. The zero-order valence-electron chi connectivity index (χ0n) is 14.0. The molecule has 1 aliphatic rings. The van der Waals surface area contributed by atoms with Crippen LogP contribution in [0.1, 0.15) is 23.9 Å². The molecule has 0 bridgehead atoms. The van der Waals surface area contributed by atoms with Crippen LogP contribution in [-0.2, 0) is 22.7 Å². The molecule has 0 spiro atoms. The lowest BCUT2D eigenvalue weighted by molar-refractivity contribution is -0.156. The fourth-order valence-corrected chi connectivity index (χ4v) is 2.97. The van der Waals surface area contributed by atoms with Gasteiger partial charge in [0.1, 0.15) is 12.6 Å². The highest BCUT2D eigenvalue weighted by Gasteiger charge is 2.36. The molecule has 1 aromatic carbocycles. The summed E-state index contributed by atoms with van der Waals surface area (Å²) in [7, 11) is 0. The second-order valence-electron chi connectivity index (χ2n) is 6.15. The Bertz CT molecular complexity index is 745. The molecule has 2 aromatic rings. The van der Waals surface area contributed by atoms with Gasteiger partial charge < -0.3 is 9.80 Å². The summed E-state index contributed by atoms with van der Waals surface area (Å²) < 4.78 is 0. The van der Waals surface area contributed by atoms with E-state index in [1.165, 1.54) is 0 Å². The molecule has 1 atom stereocenters. The number of pyridine rings is 1. The maximum absolute atomic E-state index is 12.7. The van der Waals surface area contributed by atoms with Crippen molar-refractivity contribution in [3.05, 3.63) is 65.5 Å². The summed E-state index contributed by atoms with van der Waals surface area (Å²) in [5.74, 6) is -0.0626. The Morgan fingerprint density at radius 3 is 2.50 bits per heavy atom. The zero-order valence-corrected chi connectivity index (χ0v) is 14.0. The summed E-state index contributed by atoms with van der Waals surface area (Å²) >= 11 is 0. The molecular weight excluding hydrogens is 302 g/mol. The van der Waals surface area contributed by atoms with Crippen molar-refractivity contribution in [2.75, 3.05) is 6.54 Å². The summed E-state index contributed by atoms with van der Waals surface area (Å²) in [6.45, 7) is 4.65. The first-order chi connectivity index (χ1) is 11.5. The molecule has 124 valence electrons. The smallest absolute Gasteiger partial charge is 0.245 e. The highest BCUT2D eigenvalue weighted by Crippen LogP contribution is 2.18. The van der Waals surface area contributed by atoms with E-state index < -0.39 is 6.04 Å². The number of rotatable bonds is 4. The van der Waals surface area contributed by atoms with Gasteiger partial charge in [0.15, 0.2) is 0 Å². The lowest BCUT2D eigenvalue weighted by Gasteiger charge is -2.38. The Balaban J connectivity index is 1.72. The molecule has 2 amide bonds. The highest BCUT2D eigenvalue weighted by atomic mass is 16.2. The van der Waals surface area contributed by atoms with Crippen molar-refractivity contribution in [2.24, 2.45) is 0 Å². The van der Waals surface area contributed by atoms with Crippen LogP contribution in [0.4, 0.5) is 0 Å². The van der Waals surface area contributed by atoms with Crippen LogP contribution in [0, 0.1) is 6.92 Å². The molecule has 1 aliphatic heterocycles. The van der Waals surface area contributed by atoms with Gasteiger partial charge in [-0.05, 0) is 31.5 Å². The summed E-state index contributed by atoms with van der Waals surface area (Å²) in [6.07, 6.45) is 0. The van der Waals surface area contributed by atoms with Crippen molar-refractivity contribution in [1.82, 2.24) is 14.8 Å². The fraction of sp³-hybridized carbons (Fsp3) is 0.316. The molecule has 0 saturated carbocycles. The molecule has 0 radical (unpaired) electrons. The molecule has 1 fully saturated rings. The van der Waals surface area contributed by atoms with Crippen molar-refractivity contribution < 1.29 is 9.59 Å². The predicted molar refractivity (Wildman–Crippen MR) is 90.8 cm³/mol. The molecule has 0 unspecified atom stereocenters. The van der Waals surface area contributed by atoms with Gasteiger partial charge in [0.2, 0.25) is 11.8 Å². The van der Waals surface area contributed by atoms with E-state index in [2.05, 4.69) is 4.98 Å². The van der Waals surface area contributed by atoms with Crippen molar-refractivity contribution in [3.63, 3.8) is 0 Å². The number of amides is 2. The van der Waals surface area contributed by atoms with E-state index in [9.17, 15) is 9.59 Å². The van der Waals surface area contributed by atoms with E-state index in [0.717, 1.165) is 17.0 Å². The van der Waals surface area contributed by atoms with Crippen LogP contribution in [-0.4, -0.2) is 39.2 Å². The molecular formula is C19H21N3O2. The third kappa shape index (κ3) is 3.45. The Labute approximate surface area is 141 Å². The van der Waals surface area contributed by atoms with E-state index in [-0.39, 0.29) is 18.4 Å². The molecule has 0 N–H and O–H groups in total. The van der Waals surface area contributed by atoms with Crippen molar-refractivity contribution >= 4 is 11.8 Å². The zero-order chi connectivity index (χ0) is 17.1. The third-order valence-electron chi connectivity index (χ3n) is 4.28. The van der Waals surface area contributed by atoms with Crippen molar-refractivity contribution in [1.29, 1.82) is 0 Å². The predicted octanol–water partition coefficient (Wildman–Crippen LogP) is 2.15. The number of nitrogens with zero attached hydrogens (tertiary/aromatic N) is 3. The Morgan fingerprint density at radius 1 is 1.04 bits per heavy atom. The number of hydrogen-bond donors (Lipinski definition) is 0. The van der Waals surface area contributed by atoms with Crippen LogP contribution in [0.15, 0.2) is 48.5 Å². The van der Waals surface area contributed by atoms with Gasteiger partial charge in [0.05, 0.1) is 12.2 Å². The topological polar surface area (TPSA) is 53.5 Å². The van der Waals surface area contributed by atoms with Gasteiger partial charge in [-0.25, -0.2) is 0 Å². The number of carbonyl (C=O) groups is 2.